The van der Waals surface area contributed by atoms with E-state index >= 15 is 0 Å². The number of amides is 1. The van der Waals surface area contributed by atoms with Gasteiger partial charge in [0.25, 0.3) is 11.5 Å². The molecule has 180 valence electrons. The summed E-state index contributed by atoms with van der Waals surface area (Å²) < 4.78 is 46.2. The molecule has 0 spiro atoms. The van der Waals surface area contributed by atoms with Crippen molar-refractivity contribution in [1.82, 2.24) is 9.78 Å². The molecule has 1 N–H and O–H groups in total. The first kappa shape index (κ1) is 24.4. The molecule has 4 aromatic rings. The lowest BCUT2D eigenvalue weighted by molar-refractivity contribution is -0.137. The smallest absolute Gasteiger partial charge is 0.417 e. The second kappa shape index (κ2) is 9.51. The second-order valence-electron chi connectivity index (χ2n) is 7.11. The Labute approximate surface area is 204 Å². The highest BCUT2D eigenvalue weighted by Crippen LogP contribution is 2.34. The van der Waals surface area contributed by atoms with Crippen molar-refractivity contribution >= 4 is 50.6 Å². The fourth-order valence-electron chi connectivity index (χ4n) is 3.35. The number of anilines is 1. The molecule has 1 amide bonds. The minimum absolute atomic E-state index is 0.0392. The maximum absolute atomic E-state index is 13.4. The molecule has 0 bridgehead atoms. The monoisotopic (exact) mass is 521 g/mol. The van der Waals surface area contributed by atoms with Crippen molar-refractivity contribution in [2.45, 2.75) is 13.1 Å². The van der Waals surface area contributed by atoms with Crippen LogP contribution in [0.1, 0.15) is 33.3 Å². The summed E-state index contributed by atoms with van der Waals surface area (Å²) in [7, 11) is 0. The Morgan fingerprint density at radius 1 is 1.14 bits per heavy atom. The van der Waals surface area contributed by atoms with Gasteiger partial charge in [-0.3, -0.25) is 9.59 Å². The van der Waals surface area contributed by atoms with E-state index in [1.54, 1.807) is 6.92 Å². The number of alkyl halides is 3. The van der Waals surface area contributed by atoms with Gasteiger partial charge in [-0.05, 0) is 43.3 Å². The summed E-state index contributed by atoms with van der Waals surface area (Å²) in [6, 6.07) is 10.3. The molecule has 4 rings (SSSR count). The molecule has 0 fully saturated rings. The van der Waals surface area contributed by atoms with Crippen LogP contribution in [0.2, 0.25) is 5.02 Å². The van der Waals surface area contributed by atoms with Crippen LogP contribution in [-0.2, 0) is 10.9 Å². The number of fused-ring (bicyclic) bond motifs is 1. The van der Waals surface area contributed by atoms with E-state index in [9.17, 15) is 27.6 Å². The molecule has 35 heavy (non-hydrogen) atoms. The predicted octanol–water partition coefficient (Wildman–Crippen LogP) is 5.55. The minimum atomic E-state index is -4.76. The number of aromatic nitrogens is 2. The maximum Gasteiger partial charge on any atom is 0.417 e. The van der Waals surface area contributed by atoms with Gasteiger partial charge in [-0.2, -0.15) is 23.0 Å². The van der Waals surface area contributed by atoms with Gasteiger partial charge in [-0.1, -0.05) is 23.7 Å². The number of ether oxygens (including phenoxy) is 1. The highest BCUT2D eigenvalue weighted by atomic mass is 35.5. The molecule has 0 atom stereocenters. The van der Waals surface area contributed by atoms with Gasteiger partial charge in [-0.15, -0.1) is 11.3 Å². The van der Waals surface area contributed by atoms with Crippen LogP contribution in [0.15, 0.2) is 58.7 Å². The molecule has 12 heteroatoms. The third-order valence-electron chi connectivity index (χ3n) is 4.90. The molecule has 0 unspecified atom stereocenters. The maximum atomic E-state index is 13.4. The summed E-state index contributed by atoms with van der Waals surface area (Å²) in [5.74, 6) is -1.87. The zero-order chi connectivity index (χ0) is 25.3. The lowest BCUT2D eigenvalue weighted by atomic mass is 10.1. The number of esters is 1. The number of thiophene rings is 1. The van der Waals surface area contributed by atoms with Gasteiger partial charge >= 0.3 is 12.1 Å². The molecule has 0 radical (unpaired) electrons. The van der Waals surface area contributed by atoms with Crippen molar-refractivity contribution in [2.24, 2.45) is 0 Å². The molecule has 0 aliphatic rings. The van der Waals surface area contributed by atoms with Crippen LogP contribution in [0.25, 0.3) is 16.5 Å². The van der Waals surface area contributed by atoms with E-state index in [0.29, 0.717) is 5.02 Å². The predicted molar refractivity (Wildman–Crippen MR) is 126 cm³/mol. The molecular weight excluding hydrogens is 507 g/mol. The lowest BCUT2D eigenvalue weighted by Crippen LogP contribution is -2.26. The summed E-state index contributed by atoms with van der Waals surface area (Å²) in [6.45, 7) is 1.64. The summed E-state index contributed by atoms with van der Waals surface area (Å²) in [5, 5.41) is 8.31. The Bertz CT molecular complexity index is 1500. The Hall–Kier alpha value is -3.70. The van der Waals surface area contributed by atoms with Crippen LogP contribution < -0.4 is 10.9 Å². The first-order valence-electron chi connectivity index (χ1n) is 10.1. The average molecular weight is 522 g/mol. The SMILES string of the molecule is CCOC(=O)c1nn(-c2ccc(Cl)cc2)c(=O)c2c(NC(=O)c3ccccc3C(F)(F)F)scc12. The van der Waals surface area contributed by atoms with Crippen LogP contribution in [0.4, 0.5) is 18.2 Å². The normalized spacial score (nSPS) is 11.5. The molecule has 0 saturated heterocycles. The van der Waals surface area contributed by atoms with Gasteiger partial charge in [0, 0.05) is 15.8 Å². The van der Waals surface area contributed by atoms with Crippen molar-refractivity contribution in [2.75, 3.05) is 11.9 Å². The summed E-state index contributed by atoms with van der Waals surface area (Å²) >= 11 is 6.79. The number of nitrogens with zero attached hydrogens (tertiary/aromatic N) is 2. The van der Waals surface area contributed by atoms with Crippen molar-refractivity contribution in [3.05, 3.63) is 86.1 Å². The number of carbonyl (C=O) groups excluding carboxylic acids is 2. The third kappa shape index (κ3) is 4.77. The van der Waals surface area contributed by atoms with E-state index in [4.69, 9.17) is 16.3 Å². The molecule has 0 aliphatic heterocycles. The van der Waals surface area contributed by atoms with Crippen LogP contribution in [0, 0.1) is 0 Å². The topological polar surface area (TPSA) is 90.3 Å². The van der Waals surface area contributed by atoms with Gasteiger partial charge in [0.05, 0.1) is 28.8 Å². The van der Waals surface area contributed by atoms with Crippen molar-refractivity contribution in [3.63, 3.8) is 0 Å². The van der Waals surface area contributed by atoms with Gasteiger partial charge in [0.1, 0.15) is 5.00 Å². The van der Waals surface area contributed by atoms with Crippen molar-refractivity contribution in [3.8, 4) is 5.69 Å². The van der Waals surface area contributed by atoms with Gasteiger partial charge in [-0.25, -0.2) is 4.79 Å². The zero-order valence-electron chi connectivity index (χ0n) is 17.9. The van der Waals surface area contributed by atoms with Crippen LogP contribution in [0.3, 0.4) is 0 Å². The third-order valence-corrected chi connectivity index (χ3v) is 6.04. The quantitative estimate of drug-likeness (QED) is 0.348. The van der Waals surface area contributed by atoms with E-state index in [-0.39, 0.29) is 33.8 Å². The number of hydrogen-bond acceptors (Lipinski definition) is 6. The number of halogens is 4. The van der Waals surface area contributed by atoms with E-state index in [1.807, 2.05) is 0 Å². The van der Waals surface area contributed by atoms with Gasteiger partial charge < -0.3 is 10.1 Å². The van der Waals surface area contributed by atoms with E-state index in [0.717, 1.165) is 28.2 Å². The number of nitrogens with one attached hydrogen (secondary N) is 1. The van der Waals surface area contributed by atoms with Crippen molar-refractivity contribution < 1.29 is 27.5 Å². The molecule has 0 aliphatic carbocycles. The summed E-state index contributed by atoms with van der Waals surface area (Å²) in [5.41, 5.74) is -2.34. The van der Waals surface area contributed by atoms with Crippen LogP contribution in [-0.4, -0.2) is 28.3 Å². The number of benzene rings is 2. The van der Waals surface area contributed by atoms with Gasteiger partial charge in [0.2, 0.25) is 0 Å². The highest BCUT2D eigenvalue weighted by molar-refractivity contribution is 7.16. The van der Waals surface area contributed by atoms with Crippen LogP contribution >= 0.6 is 22.9 Å². The van der Waals surface area contributed by atoms with Gasteiger partial charge in [0.15, 0.2) is 5.69 Å². The largest absolute Gasteiger partial charge is 0.461 e. The Morgan fingerprint density at radius 3 is 2.49 bits per heavy atom. The van der Waals surface area contributed by atoms with Crippen molar-refractivity contribution in [1.29, 1.82) is 0 Å². The first-order chi connectivity index (χ1) is 16.6. The van der Waals surface area contributed by atoms with E-state index in [2.05, 4.69) is 10.4 Å². The molecule has 2 heterocycles. The molecule has 2 aromatic carbocycles. The van der Waals surface area contributed by atoms with E-state index < -0.39 is 34.7 Å². The summed E-state index contributed by atoms with van der Waals surface area (Å²) in [4.78, 5) is 38.8. The van der Waals surface area contributed by atoms with E-state index in [1.165, 1.54) is 41.8 Å². The Kier molecular flexibility index (Phi) is 6.64. The molecule has 2 aromatic heterocycles. The second-order valence-corrected chi connectivity index (χ2v) is 8.43. The van der Waals surface area contributed by atoms with Crippen LogP contribution in [0.5, 0.6) is 0 Å². The molecule has 7 nitrogen and oxygen atoms in total. The zero-order valence-corrected chi connectivity index (χ0v) is 19.4. The highest BCUT2D eigenvalue weighted by Gasteiger charge is 2.35. The fraction of sp³-hybridized carbons (Fsp3) is 0.130. The minimum Gasteiger partial charge on any atom is -0.461 e. The number of carbonyl (C=O) groups is 2. The Morgan fingerprint density at radius 2 is 1.83 bits per heavy atom. The number of rotatable bonds is 5. The standard InChI is InChI=1S/C23H15ClF3N3O4S/c1-2-34-22(33)18-15-11-35-20(28-19(31)14-5-3-4-6-16(14)23(25,26)27)17(15)21(32)30(29-18)13-9-7-12(24)8-10-13/h3-11H,2H2,1H3,(H,28,31). The molecule has 0 saturated carbocycles. The lowest BCUT2D eigenvalue weighted by Gasteiger charge is -2.12. The molecular formula is C23H15ClF3N3O4S. The fourth-order valence-corrected chi connectivity index (χ4v) is 4.41. The number of hydrogen-bond donors (Lipinski definition) is 1. The summed E-state index contributed by atoms with van der Waals surface area (Å²) in [6.07, 6.45) is -4.76. The average Bonchev–Trinajstić information content (AvgIpc) is 3.23. The Balaban J connectivity index is 1.88. The first-order valence-corrected chi connectivity index (χ1v) is 11.3.